The lowest BCUT2D eigenvalue weighted by atomic mass is 9.90. The SMILES string of the molecule is Cc1cnc2[nH]c3c(N(C)C(=O)OC(C)(C)C)cc(F)cc3c2c1C1(C#N)CC1. The largest absolute Gasteiger partial charge is 0.443 e. The van der Waals surface area contributed by atoms with Gasteiger partial charge in [-0.25, -0.2) is 14.2 Å². The Balaban J connectivity index is 1.97. The topological polar surface area (TPSA) is 82.0 Å². The predicted molar refractivity (Wildman–Crippen MR) is 109 cm³/mol. The molecule has 3 aromatic rings. The van der Waals surface area contributed by atoms with E-state index in [0.29, 0.717) is 22.2 Å². The van der Waals surface area contributed by atoms with Gasteiger partial charge in [-0.05, 0) is 63.8 Å². The molecule has 1 amide bonds. The highest BCUT2D eigenvalue weighted by Crippen LogP contribution is 2.52. The molecule has 1 aromatic carbocycles. The molecule has 1 aliphatic rings. The van der Waals surface area contributed by atoms with Crippen LogP contribution in [0.4, 0.5) is 14.9 Å². The molecule has 6 nitrogen and oxygen atoms in total. The first kappa shape index (κ1) is 19.2. The fourth-order valence-electron chi connectivity index (χ4n) is 3.86. The molecule has 150 valence electrons. The zero-order valence-corrected chi connectivity index (χ0v) is 17.2. The number of halogens is 1. The number of aryl methyl sites for hydroxylation is 1. The van der Waals surface area contributed by atoms with Crippen LogP contribution in [0.5, 0.6) is 0 Å². The number of nitrogens with one attached hydrogen (secondary N) is 1. The number of pyridine rings is 1. The number of hydrogen-bond donors (Lipinski definition) is 1. The van der Waals surface area contributed by atoms with Crippen LogP contribution in [0.3, 0.4) is 0 Å². The average Bonchev–Trinajstić information content (AvgIpc) is 3.34. The summed E-state index contributed by atoms with van der Waals surface area (Å²) in [6, 6.07) is 5.16. The summed E-state index contributed by atoms with van der Waals surface area (Å²) in [4.78, 5) is 21.6. The summed E-state index contributed by atoms with van der Waals surface area (Å²) in [5.74, 6) is -0.474. The van der Waals surface area contributed by atoms with Gasteiger partial charge in [0.2, 0.25) is 0 Å². The number of amides is 1. The molecule has 0 radical (unpaired) electrons. The molecule has 0 aliphatic heterocycles. The van der Waals surface area contributed by atoms with E-state index >= 15 is 0 Å². The standard InChI is InChI=1S/C22H23FN4O2/c1-12-10-25-19-16(17(12)22(11-24)6-7-22)14-8-13(23)9-15(18(14)26-19)27(5)20(28)29-21(2,3)4/h8-10H,6-7H2,1-5H3,(H,25,26). The molecule has 2 aromatic heterocycles. The number of ether oxygens (including phenoxy) is 1. The number of fused-ring (bicyclic) bond motifs is 3. The summed E-state index contributed by atoms with van der Waals surface area (Å²) in [5.41, 5.74) is 2.10. The third-order valence-electron chi connectivity index (χ3n) is 5.33. The average molecular weight is 394 g/mol. The number of hydrogen-bond acceptors (Lipinski definition) is 4. The highest BCUT2D eigenvalue weighted by Gasteiger charge is 2.47. The minimum atomic E-state index is -0.671. The quantitative estimate of drug-likeness (QED) is 0.656. The first-order valence-electron chi connectivity index (χ1n) is 9.55. The van der Waals surface area contributed by atoms with Crippen LogP contribution in [0.2, 0.25) is 0 Å². The number of benzene rings is 1. The maximum Gasteiger partial charge on any atom is 0.414 e. The highest BCUT2D eigenvalue weighted by atomic mass is 19.1. The van der Waals surface area contributed by atoms with Crippen LogP contribution in [0.1, 0.15) is 44.7 Å². The Morgan fingerprint density at radius 3 is 2.66 bits per heavy atom. The van der Waals surface area contributed by atoms with Gasteiger partial charge in [-0.1, -0.05) is 0 Å². The van der Waals surface area contributed by atoms with Crippen molar-refractivity contribution in [1.82, 2.24) is 9.97 Å². The molecule has 0 saturated heterocycles. The van der Waals surface area contributed by atoms with Gasteiger partial charge in [0.05, 0.1) is 22.7 Å². The maximum absolute atomic E-state index is 14.6. The summed E-state index contributed by atoms with van der Waals surface area (Å²) < 4.78 is 20.0. The molecule has 1 N–H and O–H groups in total. The first-order chi connectivity index (χ1) is 13.6. The Hall–Kier alpha value is -3.14. The minimum absolute atomic E-state index is 0.359. The third kappa shape index (κ3) is 3.09. The van der Waals surface area contributed by atoms with Crippen molar-refractivity contribution in [3.05, 3.63) is 35.3 Å². The Kier molecular flexibility index (Phi) is 4.09. The summed E-state index contributed by atoms with van der Waals surface area (Å²) in [5, 5.41) is 11.1. The van der Waals surface area contributed by atoms with Crippen molar-refractivity contribution in [3.8, 4) is 6.07 Å². The molecule has 0 unspecified atom stereocenters. The highest BCUT2D eigenvalue weighted by molar-refractivity contribution is 6.14. The lowest BCUT2D eigenvalue weighted by Gasteiger charge is -2.25. The van der Waals surface area contributed by atoms with Crippen LogP contribution in [0.25, 0.3) is 21.9 Å². The van der Waals surface area contributed by atoms with Crippen molar-refractivity contribution in [1.29, 1.82) is 5.26 Å². The van der Waals surface area contributed by atoms with Crippen molar-refractivity contribution >= 4 is 33.7 Å². The molecule has 0 bridgehead atoms. The van der Waals surface area contributed by atoms with Crippen LogP contribution in [-0.4, -0.2) is 28.7 Å². The summed E-state index contributed by atoms with van der Waals surface area (Å²) in [7, 11) is 1.55. The van der Waals surface area contributed by atoms with Gasteiger partial charge in [-0.15, -0.1) is 0 Å². The minimum Gasteiger partial charge on any atom is -0.443 e. The Bertz CT molecular complexity index is 1200. The molecule has 0 atom stereocenters. The van der Waals surface area contributed by atoms with Crippen LogP contribution < -0.4 is 4.90 Å². The Morgan fingerprint density at radius 1 is 1.38 bits per heavy atom. The van der Waals surface area contributed by atoms with Crippen LogP contribution >= 0.6 is 0 Å². The van der Waals surface area contributed by atoms with Crippen LogP contribution in [0, 0.1) is 24.1 Å². The van der Waals surface area contributed by atoms with E-state index in [0.717, 1.165) is 29.4 Å². The number of H-pyrrole nitrogens is 1. The third-order valence-corrected chi connectivity index (χ3v) is 5.33. The summed E-state index contributed by atoms with van der Waals surface area (Å²) in [6.45, 7) is 7.25. The summed E-state index contributed by atoms with van der Waals surface area (Å²) >= 11 is 0. The van der Waals surface area contributed by atoms with Crippen molar-refractivity contribution in [2.24, 2.45) is 0 Å². The number of carbonyl (C=O) groups excluding carboxylic acids is 1. The molecule has 1 aliphatic carbocycles. The van der Waals surface area contributed by atoms with Crippen molar-refractivity contribution in [3.63, 3.8) is 0 Å². The van der Waals surface area contributed by atoms with Gasteiger partial charge in [0.1, 0.15) is 17.1 Å². The second-order valence-corrected chi connectivity index (χ2v) is 8.75. The van der Waals surface area contributed by atoms with E-state index in [-0.39, 0.29) is 0 Å². The number of aromatic nitrogens is 2. The van der Waals surface area contributed by atoms with Gasteiger partial charge in [0.25, 0.3) is 0 Å². The molecule has 29 heavy (non-hydrogen) atoms. The lowest BCUT2D eigenvalue weighted by Crippen LogP contribution is -2.34. The number of nitriles is 1. The van der Waals surface area contributed by atoms with E-state index < -0.39 is 22.9 Å². The fourth-order valence-corrected chi connectivity index (χ4v) is 3.86. The van der Waals surface area contributed by atoms with Gasteiger partial charge < -0.3 is 9.72 Å². The van der Waals surface area contributed by atoms with E-state index in [1.54, 1.807) is 34.0 Å². The Morgan fingerprint density at radius 2 is 2.07 bits per heavy atom. The molecule has 4 rings (SSSR count). The predicted octanol–water partition coefficient (Wildman–Crippen LogP) is 5.09. The Labute approximate surface area is 168 Å². The zero-order valence-electron chi connectivity index (χ0n) is 17.2. The number of rotatable bonds is 2. The number of carbonyl (C=O) groups is 1. The maximum atomic E-state index is 14.6. The van der Waals surface area contributed by atoms with E-state index in [4.69, 9.17) is 4.74 Å². The van der Waals surface area contributed by atoms with Crippen molar-refractivity contribution in [2.75, 3.05) is 11.9 Å². The number of nitrogens with zero attached hydrogens (tertiary/aromatic N) is 3. The zero-order chi connectivity index (χ0) is 21.1. The second-order valence-electron chi connectivity index (χ2n) is 8.75. The van der Waals surface area contributed by atoms with E-state index in [2.05, 4.69) is 16.0 Å². The van der Waals surface area contributed by atoms with Gasteiger partial charge in [-0.3, -0.25) is 4.90 Å². The van der Waals surface area contributed by atoms with Crippen LogP contribution in [0.15, 0.2) is 18.3 Å². The first-order valence-corrected chi connectivity index (χ1v) is 9.55. The van der Waals surface area contributed by atoms with Gasteiger partial charge in [-0.2, -0.15) is 5.26 Å². The van der Waals surface area contributed by atoms with E-state index in [9.17, 15) is 14.4 Å². The van der Waals surface area contributed by atoms with Gasteiger partial charge >= 0.3 is 6.09 Å². The fraction of sp³-hybridized carbons (Fsp3) is 0.409. The van der Waals surface area contributed by atoms with Gasteiger partial charge in [0, 0.05) is 24.0 Å². The smallest absolute Gasteiger partial charge is 0.414 e. The number of aromatic amines is 1. The van der Waals surface area contributed by atoms with Crippen LogP contribution in [-0.2, 0) is 10.2 Å². The monoisotopic (exact) mass is 394 g/mol. The molecule has 1 fully saturated rings. The molecule has 0 spiro atoms. The van der Waals surface area contributed by atoms with E-state index in [1.165, 1.54) is 17.0 Å². The second kappa shape index (κ2) is 6.18. The molecule has 2 heterocycles. The lowest BCUT2D eigenvalue weighted by molar-refractivity contribution is 0.0589. The van der Waals surface area contributed by atoms with Crippen molar-refractivity contribution in [2.45, 2.75) is 51.6 Å². The normalized spacial score (nSPS) is 15.3. The molecular weight excluding hydrogens is 371 g/mol. The van der Waals surface area contributed by atoms with Gasteiger partial charge in [0.15, 0.2) is 0 Å². The number of anilines is 1. The molecular formula is C22H23FN4O2. The molecule has 7 heteroatoms. The van der Waals surface area contributed by atoms with Crippen molar-refractivity contribution < 1.29 is 13.9 Å². The summed E-state index contributed by atoms with van der Waals surface area (Å²) in [6.07, 6.45) is 2.70. The van der Waals surface area contributed by atoms with E-state index in [1.807, 2.05) is 6.92 Å². The molecule has 1 saturated carbocycles.